The molecule has 0 saturated heterocycles. The van der Waals surface area contributed by atoms with E-state index in [0.717, 1.165) is 31.3 Å². The van der Waals surface area contributed by atoms with E-state index < -0.39 is 0 Å². The van der Waals surface area contributed by atoms with Crippen LogP contribution in [0.5, 0.6) is 0 Å². The van der Waals surface area contributed by atoms with E-state index in [4.69, 9.17) is 0 Å². The molecule has 3 unspecified atom stereocenters. The average Bonchev–Trinajstić information content (AvgIpc) is 2.19. The summed E-state index contributed by atoms with van der Waals surface area (Å²) >= 11 is 0. The standard InChI is InChI=1S/C15H31NO/c1-11(2)9-16(5)10-14-8-13(12(3)4)6-7-15(14)17/h11-15,17H,6-10H2,1-5H3. The predicted molar refractivity (Wildman–Crippen MR) is 74.0 cm³/mol. The first-order chi connectivity index (χ1) is 7.90. The number of rotatable bonds is 5. The van der Waals surface area contributed by atoms with Crippen molar-refractivity contribution in [3.8, 4) is 0 Å². The molecule has 0 aromatic carbocycles. The molecule has 1 aliphatic rings. The lowest BCUT2D eigenvalue weighted by molar-refractivity contribution is 0.0210. The van der Waals surface area contributed by atoms with E-state index in [1.54, 1.807) is 0 Å². The highest BCUT2D eigenvalue weighted by atomic mass is 16.3. The molecule has 102 valence electrons. The van der Waals surface area contributed by atoms with Crippen LogP contribution in [0.2, 0.25) is 0 Å². The Hall–Kier alpha value is -0.0800. The Labute approximate surface area is 107 Å². The van der Waals surface area contributed by atoms with Crippen molar-refractivity contribution in [3.05, 3.63) is 0 Å². The van der Waals surface area contributed by atoms with Crippen molar-refractivity contribution in [1.29, 1.82) is 0 Å². The molecule has 0 amide bonds. The Bertz CT molecular complexity index is 215. The molecular formula is C15H31NO. The fourth-order valence-corrected chi connectivity index (χ4v) is 3.18. The van der Waals surface area contributed by atoms with Crippen molar-refractivity contribution in [2.45, 2.75) is 53.1 Å². The van der Waals surface area contributed by atoms with Crippen LogP contribution in [0.15, 0.2) is 0 Å². The van der Waals surface area contributed by atoms with Crippen molar-refractivity contribution in [2.75, 3.05) is 20.1 Å². The molecule has 1 rings (SSSR count). The number of hydrogen-bond acceptors (Lipinski definition) is 2. The molecule has 0 spiro atoms. The second kappa shape index (κ2) is 6.75. The minimum absolute atomic E-state index is 0.0698. The molecule has 3 atom stereocenters. The summed E-state index contributed by atoms with van der Waals surface area (Å²) in [5.74, 6) is 2.78. The third-order valence-corrected chi connectivity index (χ3v) is 4.15. The molecule has 2 nitrogen and oxygen atoms in total. The van der Waals surface area contributed by atoms with Crippen molar-refractivity contribution >= 4 is 0 Å². The fourth-order valence-electron chi connectivity index (χ4n) is 3.18. The van der Waals surface area contributed by atoms with Gasteiger partial charge in [0.1, 0.15) is 0 Å². The molecule has 0 aliphatic heterocycles. The van der Waals surface area contributed by atoms with Crippen LogP contribution in [0, 0.1) is 23.7 Å². The van der Waals surface area contributed by atoms with Gasteiger partial charge in [-0.1, -0.05) is 27.7 Å². The van der Waals surface area contributed by atoms with E-state index in [9.17, 15) is 5.11 Å². The van der Waals surface area contributed by atoms with Crippen LogP contribution in [-0.4, -0.2) is 36.2 Å². The summed E-state index contributed by atoms with van der Waals surface area (Å²) in [6.07, 6.45) is 3.35. The van der Waals surface area contributed by atoms with Gasteiger partial charge in [-0.25, -0.2) is 0 Å². The Kier molecular flexibility index (Phi) is 5.94. The van der Waals surface area contributed by atoms with Crippen LogP contribution in [0.4, 0.5) is 0 Å². The van der Waals surface area contributed by atoms with Gasteiger partial charge in [0.15, 0.2) is 0 Å². The van der Waals surface area contributed by atoms with E-state index in [-0.39, 0.29) is 6.10 Å². The lowest BCUT2D eigenvalue weighted by atomic mass is 9.74. The first-order valence-corrected chi connectivity index (χ1v) is 7.26. The maximum Gasteiger partial charge on any atom is 0.0580 e. The molecule has 17 heavy (non-hydrogen) atoms. The lowest BCUT2D eigenvalue weighted by Crippen LogP contribution is -2.39. The maximum atomic E-state index is 10.1. The van der Waals surface area contributed by atoms with E-state index in [0.29, 0.717) is 11.8 Å². The third kappa shape index (κ3) is 4.97. The Morgan fingerprint density at radius 3 is 2.35 bits per heavy atom. The number of aliphatic hydroxyl groups excluding tert-OH is 1. The van der Waals surface area contributed by atoms with Gasteiger partial charge in [-0.3, -0.25) is 0 Å². The lowest BCUT2D eigenvalue weighted by Gasteiger charge is -2.37. The van der Waals surface area contributed by atoms with Gasteiger partial charge in [0.25, 0.3) is 0 Å². The molecule has 2 heteroatoms. The highest BCUT2D eigenvalue weighted by Gasteiger charge is 2.31. The molecule has 0 aromatic rings. The molecule has 0 radical (unpaired) electrons. The molecule has 1 fully saturated rings. The largest absolute Gasteiger partial charge is 0.393 e. The monoisotopic (exact) mass is 241 g/mol. The molecule has 1 N–H and O–H groups in total. The summed E-state index contributed by atoms with van der Waals surface area (Å²) < 4.78 is 0. The second-order valence-electron chi connectivity index (χ2n) is 6.76. The molecule has 1 saturated carbocycles. The average molecular weight is 241 g/mol. The van der Waals surface area contributed by atoms with Crippen molar-refractivity contribution < 1.29 is 5.11 Å². The first-order valence-electron chi connectivity index (χ1n) is 7.26. The minimum atomic E-state index is -0.0698. The predicted octanol–water partition coefficient (Wildman–Crippen LogP) is 3.01. The zero-order valence-electron chi connectivity index (χ0n) is 12.3. The molecule has 1 aliphatic carbocycles. The van der Waals surface area contributed by atoms with Gasteiger partial charge in [-0.2, -0.15) is 0 Å². The number of hydrogen-bond donors (Lipinski definition) is 1. The van der Waals surface area contributed by atoms with Crippen LogP contribution in [0.3, 0.4) is 0 Å². The van der Waals surface area contributed by atoms with E-state index in [2.05, 4.69) is 39.6 Å². The number of nitrogens with zero attached hydrogens (tertiary/aromatic N) is 1. The van der Waals surface area contributed by atoms with Crippen molar-refractivity contribution in [2.24, 2.45) is 23.7 Å². The van der Waals surface area contributed by atoms with Gasteiger partial charge in [0, 0.05) is 13.1 Å². The topological polar surface area (TPSA) is 23.5 Å². The van der Waals surface area contributed by atoms with Gasteiger partial charge < -0.3 is 10.0 Å². The second-order valence-corrected chi connectivity index (χ2v) is 6.76. The zero-order chi connectivity index (χ0) is 13.0. The molecule has 0 bridgehead atoms. The highest BCUT2D eigenvalue weighted by molar-refractivity contribution is 4.82. The van der Waals surface area contributed by atoms with E-state index in [1.165, 1.54) is 12.8 Å². The number of aliphatic hydroxyl groups is 1. The summed E-state index contributed by atoms with van der Waals surface area (Å²) in [4.78, 5) is 2.39. The quantitative estimate of drug-likeness (QED) is 0.800. The van der Waals surface area contributed by atoms with Gasteiger partial charge in [-0.05, 0) is 50.0 Å². The highest BCUT2D eigenvalue weighted by Crippen LogP contribution is 2.34. The van der Waals surface area contributed by atoms with Gasteiger partial charge >= 0.3 is 0 Å². The Morgan fingerprint density at radius 2 is 1.82 bits per heavy atom. The Balaban J connectivity index is 2.44. The van der Waals surface area contributed by atoms with Gasteiger partial charge in [-0.15, -0.1) is 0 Å². The minimum Gasteiger partial charge on any atom is -0.393 e. The van der Waals surface area contributed by atoms with E-state index in [1.807, 2.05) is 0 Å². The molecular weight excluding hydrogens is 210 g/mol. The summed E-state index contributed by atoms with van der Waals surface area (Å²) in [5, 5.41) is 10.1. The first kappa shape index (κ1) is 15.0. The summed E-state index contributed by atoms with van der Waals surface area (Å²) in [5.41, 5.74) is 0. The van der Waals surface area contributed by atoms with Crippen LogP contribution in [-0.2, 0) is 0 Å². The smallest absolute Gasteiger partial charge is 0.0580 e. The third-order valence-electron chi connectivity index (χ3n) is 4.15. The zero-order valence-corrected chi connectivity index (χ0v) is 12.3. The fraction of sp³-hybridized carbons (Fsp3) is 1.00. The van der Waals surface area contributed by atoms with Crippen LogP contribution in [0.25, 0.3) is 0 Å². The summed E-state index contributed by atoms with van der Waals surface area (Å²) in [6, 6.07) is 0. The van der Waals surface area contributed by atoms with Gasteiger partial charge in [0.05, 0.1) is 6.10 Å². The summed E-state index contributed by atoms with van der Waals surface area (Å²) in [7, 11) is 2.19. The molecule has 0 heterocycles. The SMILES string of the molecule is CC(C)CN(C)CC1CC(C(C)C)CCC1O. The van der Waals surface area contributed by atoms with Crippen molar-refractivity contribution in [1.82, 2.24) is 4.90 Å². The summed E-state index contributed by atoms with van der Waals surface area (Å²) in [6.45, 7) is 11.3. The van der Waals surface area contributed by atoms with Crippen LogP contribution in [0.1, 0.15) is 47.0 Å². The van der Waals surface area contributed by atoms with E-state index >= 15 is 0 Å². The molecule has 0 aromatic heterocycles. The maximum absolute atomic E-state index is 10.1. The van der Waals surface area contributed by atoms with Crippen molar-refractivity contribution in [3.63, 3.8) is 0 Å². The van der Waals surface area contributed by atoms with Crippen LogP contribution >= 0.6 is 0 Å². The normalized spacial score (nSPS) is 30.5. The van der Waals surface area contributed by atoms with Gasteiger partial charge in [0.2, 0.25) is 0 Å². The Morgan fingerprint density at radius 1 is 1.18 bits per heavy atom. The van der Waals surface area contributed by atoms with Crippen LogP contribution < -0.4 is 0 Å².